The van der Waals surface area contributed by atoms with Crippen LogP contribution >= 0.6 is 0 Å². The second-order valence-corrected chi connectivity index (χ2v) is 1.89. The predicted molar refractivity (Wildman–Crippen MR) is 47.9 cm³/mol. The highest BCUT2D eigenvalue weighted by Crippen LogP contribution is 1.89. The summed E-state index contributed by atoms with van der Waals surface area (Å²) in [7, 11) is 1.58. The third-order valence-corrected chi connectivity index (χ3v) is 1.01. The second kappa shape index (κ2) is 7.72. The average molecular weight is 164 g/mol. The van der Waals surface area contributed by atoms with Crippen LogP contribution in [0.2, 0.25) is 0 Å². The van der Waals surface area contributed by atoms with Crippen molar-refractivity contribution in [2.75, 3.05) is 7.11 Å². The molecule has 64 valence electrons. The van der Waals surface area contributed by atoms with Crippen LogP contribution in [0.1, 0.15) is 13.8 Å². The molecule has 0 amide bonds. The van der Waals surface area contributed by atoms with Gasteiger partial charge < -0.3 is 9.47 Å². The van der Waals surface area contributed by atoms with E-state index in [4.69, 9.17) is 9.47 Å². The van der Waals surface area contributed by atoms with E-state index < -0.39 is 0 Å². The smallest absolute Gasteiger partial charge is 0.195 e. The van der Waals surface area contributed by atoms with E-state index in [-0.39, 0.29) is 6.29 Å². The minimum atomic E-state index is -0.236. The van der Waals surface area contributed by atoms with Gasteiger partial charge in [0.25, 0.3) is 0 Å². The van der Waals surface area contributed by atoms with Crippen LogP contribution in [-0.4, -0.2) is 13.4 Å². The molecular weight excluding hydrogens is 152 g/mol. The zero-order chi connectivity index (χ0) is 9.23. The van der Waals surface area contributed by atoms with Gasteiger partial charge in [0, 0.05) is 13.2 Å². The van der Waals surface area contributed by atoms with Gasteiger partial charge >= 0.3 is 0 Å². The average Bonchev–Trinajstić information content (AvgIpc) is 2.10. The maximum absolute atomic E-state index is 5.02. The Hall–Kier alpha value is -1.38. The number of hydrogen-bond acceptors (Lipinski definition) is 2. The zero-order valence-corrected chi connectivity index (χ0v) is 7.55. The largest absolute Gasteiger partial charge is 0.472 e. The summed E-state index contributed by atoms with van der Waals surface area (Å²) < 4.78 is 9.85. The minimum Gasteiger partial charge on any atom is -0.472 e. The Kier molecular flexibility index (Phi) is 6.84. The topological polar surface area (TPSA) is 18.5 Å². The van der Waals surface area contributed by atoms with Crippen molar-refractivity contribution in [3.8, 4) is 23.7 Å². The Morgan fingerprint density at radius 1 is 1.33 bits per heavy atom. The summed E-state index contributed by atoms with van der Waals surface area (Å²) in [5, 5.41) is 0. The van der Waals surface area contributed by atoms with Gasteiger partial charge in [0.2, 0.25) is 0 Å². The van der Waals surface area contributed by atoms with E-state index in [0.717, 1.165) is 0 Å². The van der Waals surface area contributed by atoms with Crippen LogP contribution in [0, 0.1) is 23.7 Å². The number of ether oxygens (including phenoxy) is 2. The lowest BCUT2D eigenvalue weighted by atomic mass is 10.5. The molecule has 12 heavy (non-hydrogen) atoms. The summed E-state index contributed by atoms with van der Waals surface area (Å²) in [6, 6.07) is 0. The molecule has 0 spiro atoms. The molecule has 0 N–H and O–H groups in total. The molecule has 0 aromatic carbocycles. The lowest BCUT2D eigenvalue weighted by Gasteiger charge is -2.06. The summed E-state index contributed by atoms with van der Waals surface area (Å²) in [5.41, 5.74) is 0. The Labute approximate surface area is 73.6 Å². The molecule has 0 saturated heterocycles. The van der Waals surface area contributed by atoms with Gasteiger partial charge in [-0.2, -0.15) is 0 Å². The van der Waals surface area contributed by atoms with Crippen LogP contribution in [0.4, 0.5) is 0 Å². The molecule has 0 aromatic heterocycles. The lowest BCUT2D eigenvalue weighted by molar-refractivity contribution is -0.0677. The normalized spacial score (nSPS) is 10.9. The van der Waals surface area contributed by atoms with Gasteiger partial charge in [0.15, 0.2) is 6.29 Å². The Balaban J connectivity index is 3.63. The van der Waals surface area contributed by atoms with Gasteiger partial charge in [-0.25, -0.2) is 0 Å². The summed E-state index contributed by atoms with van der Waals surface area (Å²) in [4.78, 5) is 0. The van der Waals surface area contributed by atoms with Crippen LogP contribution in [0.5, 0.6) is 0 Å². The molecular formula is C10H12O2. The summed E-state index contributed by atoms with van der Waals surface area (Å²) in [6.45, 7) is 3.53. The van der Waals surface area contributed by atoms with Crippen molar-refractivity contribution in [2.24, 2.45) is 0 Å². The molecule has 1 unspecified atom stereocenters. The molecule has 0 heterocycles. The molecule has 0 rings (SSSR count). The molecule has 1 atom stereocenters. The van der Waals surface area contributed by atoms with Crippen LogP contribution in [-0.2, 0) is 9.47 Å². The van der Waals surface area contributed by atoms with Crippen molar-refractivity contribution >= 4 is 0 Å². The van der Waals surface area contributed by atoms with E-state index in [0.29, 0.717) is 0 Å². The van der Waals surface area contributed by atoms with Crippen molar-refractivity contribution < 1.29 is 9.47 Å². The van der Waals surface area contributed by atoms with Gasteiger partial charge in [-0.15, -0.1) is 0 Å². The van der Waals surface area contributed by atoms with Gasteiger partial charge in [0.05, 0.1) is 6.26 Å². The minimum absolute atomic E-state index is 0.236. The molecule has 0 fully saturated rings. The molecule has 0 aliphatic rings. The van der Waals surface area contributed by atoms with Crippen molar-refractivity contribution in [3.05, 3.63) is 12.3 Å². The SMILES string of the molecule is CC#CC#CC=COC(C)OC. The second-order valence-electron chi connectivity index (χ2n) is 1.89. The predicted octanol–water partition coefficient (Wildman–Crippen LogP) is 1.54. The summed E-state index contributed by atoms with van der Waals surface area (Å²) in [6.07, 6.45) is 2.83. The van der Waals surface area contributed by atoms with E-state index in [1.165, 1.54) is 6.26 Å². The lowest BCUT2D eigenvalue weighted by Crippen LogP contribution is -2.05. The molecule has 2 nitrogen and oxygen atoms in total. The van der Waals surface area contributed by atoms with Crippen molar-refractivity contribution in [1.29, 1.82) is 0 Å². The van der Waals surface area contributed by atoms with Gasteiger partial charge in [0.1, 0.15) is 0 Å². The number of methoxy groups -OCH3 is 1. The van der Waals surface area contributed by atoms with E-state index in [2.05, 4.69) is 23.7 Å². The molecule has 2 heteroatoms. The summed E-state index contributed by atoms with van der Waals surface area (Å²) in [5.74, 6) is 10.5. The number of allylic oxidation sites excluding steroid dienone is 1. The molecule has 0 aromatic rings. The molecule has 0 aliphatic heterocycles. The maximum atomic E-state index is 5.02. The first kappa shape index (κ1) is 10.6. The number of hydrogen-bond donors (Lipinski definition) is 0. The summed E-state index contributed by atoms with van der Waals surface area (Å²) >= 11 is 0. The van der Waals surface area contributed by atoms with Crippen molar-refractivity contribution in [2.45, 2.75) is 20.1 Å². The molecule has 0 radical (unpaired) electrons. The van der Waals surface area contributed by atoms with Crippen LogP contribution in [0.3, 0.4) is 0 Å². The third kappa shape index (κ3) is 6.74. The van der Waals surface area contributed by atoms with Gasteiger partial charge in [-0.05, 0) is 25.7 Å². The van der Waals surface area contributed by atoms with Gasteiger partial charge in [-0.3, -0.25) is 0 Å². The zero-order valence-electron chi connectivity index (χ0n) is 7.55. The first-order chi connectivity index (χ1) is 5.81. The molecule has 0 saturated carbocycles. The Morgan fingerprint density at radius 3 is 2.67 bits per heavy atom. The van der Waals surface area contributed by atoms with Crippen molar-refractivity contribution in [3.63, 3.8) is 0 Å². The van der Waals surface area contributed by atoms with E-state index in [9.17, 15) is 0 Å². The first-order valence-electron chi connectivity index (χ1n) is 3.56. The fraction of sp³-hybridized carbons (Fsp3) is 0.400. The monoisotopic (exact) mass is 164 g/mol. The highest BCUT2D eigenvalue weighted by atomic mass is 16.7. The van der Waals surface area contributed by atoms with Gasteiger partial charge in [-0.1, -0.05) is 11.8 Å². The highest BCUT2D eigenvalue weighted by Gasteiger charge is 1.91. The highest BCUT2D eigenvalue weighted by molar-refractivity contribution is 5.29. The molecule has 0 bridgehead atoms. The third-order valence-electron chi connectivity index (χ3n) is 1.01. The van der Waals surface area contributed by atoms with Crippen LogP contribution in [0.25, 0.3) is 0 Å². The number of rotatable bonds is 3. The fourth-order valence-corrected chi connectivity index (χ4v) is 0.380. The molecule has 0 aliphatic carbocycles. The Morgan fingerprint density at radius 2 is 2.08 bits per heavy atom. The quantitative estimate of drug-likeness (QED) is 0.358. The van der Waals surface area contributed by atoms with Crippen molar-refractivity contribution in [1.82, 2.24) is 0 Å². The van der Waals surface area contributed by atoms with Crippen LogP contribution < -0.4 is 0 Å². The fourth-order valence-electron chi connectivity index (χ4n) is 0.380. The van der Waals surface area contributed by atoms with Crippen LogP contribution in [0.15, 0.2) is 12.3 Å². The van der Waals surface area contributed by atoms with E-state index in [1.54, 1.807) is 27.0 Å². The Bertz CT molecular complexity index is 244. The first-order valence-corrected chi connectivity index (χ1v) is 3.56. The van der Waals surface area contributed by atoms with E-state index in [1.807, 2.05) is 0 Å². The standard InChI is InChI=1S/C10H12O2/c1-4-5-6-7-8-9-12-10(2)11-3/h8-10H,1-3H3. The maximum Gasteiger partial charge on any atom is 0.195 e. The van der Waals surface area contributed by atoms with E-state index >= 15 is 0 Å².